The van der Waals surface area contributed by atoms with Crippen LogP contribution < -0.4 is 11.1 Å². The van der Waals surface area contributed by atoms with Crippen LogP contribution in [0.15, 0.2) is 0 Å². The molecular weight excluding hydrogens is 320 g/mol. The van der Waals surface area contributed by atoms with Gasteiger partial charge in [-0.3, -0.25) is 14.4 Å². The smallest absolute Gasteiger partial charge is 0.245 e. The lowest BCUT2D eigenvalue weighted by atomic mass is 10.1. The summed E-state index contributed by atoms with van der Waals surface area (Å²) in [4.78, 5) is 39.6. The number of unbranched alkanes of at least 4 members (excludes halogenated alkanes) is 1. The van der Waals surface area contributed by atoms with E-state index < -0.39 is 6.04 Å². The number of nitrogens with two attached hydrogens (primary N) is 1. The van der Waals surface area contributed by atoms with Gasteiger partial charge in [-0.1, -0.05) is 11.8 Å². The number of terminal acetylenes is 2. The minimum Gasteiger partial charge on any atom is -0.343 e. The summed E-state index contributed by atoms with van der Waals surface area (Å²) in [5.41, 5.74) is 5.49. The maximum absolute atomic E-state index is 12.7. The Morgan fingerprint density at radius 2 is 1.60 bits per heavy atom. The number of rotatable bonds is 8. The number of hydrogen-bond acceptors (Lipinski definition) is 4. The summed E-state index contributed by atoms with van der Waals surface area (Å²) < 4.78 is 0. The standard InChI is InChI=1S/C18H26N4O3/c1-3-7-16(23)20-15(9-5-6-10-19)18(25)22-13-11-21(12-14-22)17(24)8-4-2/h1-2,15H,5-14,19H2,(H,20,23). The highest BCUT2D eigenvalue weighted by Gasteiger charge is 2.29. The first kappa shape index (κ1) is 20.5. The van der Waals surface area contributed by atoms with E-state index in [4.69, 9.17) is 18.6 Å². The predicted octanol–water partition coefficient (Wildman–Crippen LogP) is -0.682. The van der Waals surface area contributed by atoms with E-state index in [1.54, 1.807) is 9.80 Å². The minimum absolute atomic E-state index is 0.0605. The third-order valence-electron chi connectivity index (χ3n) is 4.04. The Morgan fingerprint density at radius 1 is 1.00 bits per heavy atom. The lowest BCUT2D eigenvalue weighted by molar-refractivity contribution is -0.141. The monoisotopic (exact) mass is 346 g/mol. The molecule has 0 aromatic heterocycles. The predicted molar refractivity (Wildman–Crippen MR) is 94.9 cm³/mol. The SMILES string of the molecule is C#CCC(=O)NC(CCCCN)C(=O)N1CCN(C(=O)CC#C)CC1. The van der Waals surface area contributed by atoms with Crippen molar-refractivity contribution in [2.24, 2.45) is 5.73 Å². The van der Waals surface area contributed by atoms with E-state index in [1.807, 2.05) is 0 Å². The molecule has 1 fully saturated rings. The normalized spacial score (nSPS) is 15.0. The van der Waals surface area contributed by atoms with Crippen molar-refractivity contribution in [1.29, 1.82) is 0 Å². The average Bonchev–Trinajstić information content (AvgIpc) is 2.61. The summed E-state index contributed by atoms with van der Waals surface area (Å²) in [5, 5.41) is 2.71. The molecule has 3 amide bonds. The van der Waals surface area contributed by atoms with E-state index in [1.165, 1.54) is 0 Å². The molecular formula is C18H26N4O3. The van der Waals surface area contributed by atoms with Gasteiger partial charge in [-0.2, -0.15) is 0 Å². The second kappa shape index (κ2) is 11.1. The van der Waals surface area contributed by atoms with Gasteiger partial charge in [-0.25, -0.2) is 0 Å². The number of piperazine rings is 1. The Kier molecular flexibility index (Phi) is 9.13. The molecule has 1 rings (SSSR count). The van der Waals surface area contributed by atoms with Gasteiger partial charge in [0.05, 0.1) is 12.8 Å². The molecule has 1 unspecified atom stereocenters. The highest BCUT2D eigenvalue weighted by molar-refractivity contribution is 5.88. The van der Waals surface area contributed by atoms with Crippen molar-refractivity contribution in [3.8, 4) is 24.7 Å². The Morgan fingerprint density at radius 3 is 2.16 bits per heavy atom. The van der Waals surface area contributed by atoms with E-state index >= 15 is 0 Å². The van der Waals surface area contributed by atoms with E-state index in [-0.39, 0.29) is 30.6 Å². The van der Waals surface area contributed by atoms with Crippen LogP contribution in [0, 0.1) is 24.7 Å². The molecule has 1 saturated heterocycles. The van der Waals surface area contributed by atoms with Crippen molar-refractivity contribution in [3.05, 3.63) is 0 Å². The molecule has 0 bridgehead atoms. The largest absolute Gasteiger partial charge is 0.343 e. The summed E-state index contributed by atoms with van der Waals surface area (Å²) in [7, 11) is 0. The van der Waals surface area contributed by atoms with Crippen molar-refractivity contribution in [1.82, 2.24) is 15.1 Å². The molecule has 0 aromatic carbocycles. The first-order valence-electron chi connectivity index (χ1n) is 8.46. The summed E-state index contributed by atoms with van der Waals surface area (Å²) in [6.07, 6.45) is 12.3. The van der Waals surface area contributed by atoms with E-state index in [0.717, 1.165) is 12.8 Å². The fraction of sp³-hybridized carbons (Fsp3) is 0.611. The van der Waals surface area contributed by atoms with Crippen molar-refractivity contribution in [2.75, 3.05) is 32.7 Å². The fourth-order valence-electron chi connectivity index (χ4n) is 2.68. The van der Waals surface area contributed by atoms with Gasteiger partial charge in [-0.15, -0.1) is 12.8 Å². The molecule has 3 N–H and O–H groups in total. The summed E-state index contributed by atoms with van der Waals surface area (Å²) in [5.74, 6) is 4.02. The van der Waals surface area contributed by atoms with Gasteiger partial charge in [0.1, 0.15) is 6.04 Å². The van der Waals surface area contributed by atoms with Gasteiger partial charge in [0.2, 0.25) is 17.7 Å². The molecule has 1 aliphatic rings. The van der Waals surface area contributed by atoms with E-state index in [2.05, 4.69) is 17.2 Å². The molecule has 25 heavy (non-hydrogen) atoms. The molecule has 7 nitrogen and oxygen atoms in total. The number of hydrogen-bond donors (Lipinski definition) is 2. The van der Waals surface area contributed by atoms with Crippen molar-refractivity contribution < 1.29 is 14.4 Å². The van der Waals surface area contributed by atoms with Crippen LogP contribution in [0.5, 0.6) is 0 Å². The Balaban J connectivity index is 2.61. The second-order valence-electron chi connectivity index (χ2n) is 5.87. The quantitative estimate of drug-likeness (QED) is 0.449. The van der Waals surface area contributed by atoms with Crippen LogP contribution in [-0.4, -0.2) is 66.3 Å². The summed E-state index contributed by atoms with van der Waals surface area (Å²) in [6.45, 7) is 2.27. The van der Waals surface area contributed by atoms with Crippen LogP contribution >= 0.6 is 0 Å². The highest BCUT2D eigenvalue weighted by atomic mass is 16.2. The number of nitrogens with one attached hydrogen (secondary N) is 1. The second-order valence-corrected chi connectivity index (χ2v) is 5.87. The topological polar surface area (TPSA) is 95.7 Å². The van der Waals surface area contributed by atoms with Crippen molar-refractivity contribution in [2.45, 2.75) is 38.1 Å². The first-order chi connectivity index (χ1) is 12.0. The summed E-state index contributed by atoms with van der Waals surface area (Å²) >= 11 is 0. The Bertz CT molecular complexity index is 554. The minimum atomic E-state index is -0.611. The van der Waals surface area contributed by atoms with Crippen molar-refractivity contribution >= 4 is 17.7 Å². The molecule has 0 aliphatic carbocycles. The molecule has 0 radical (unpaired) electrons. The molecule has 1 aliphatic heterocycles. The maximum atomic E-state index is 12.7. The van der Waals surface area contributed by atoms with Gasteiger partial charge < -0.3 is 20.9 Å². The van der Waals surface area contributed by atoms with Crippen LogP contribution in [-0.2, 0) is 14.4 Å². The third-order valence-corrected chi connectivity index (χ3v) is 4.04. The van der Waals surface area contributed by atoms with Gasteiger partial charge in [-0.05, 0) is 25.8 Å². The van der Waals surface area contributed by atoms with Crippen LogP contribution in [0.2, 0.25) is 0 Å². The summed E-state index contributed by atoms with van der Waals surface area (Å²) in [6, 6.07) is -0.611. The van der Waals surface area contributed by atoms with Crippen LogP contribution in [0.25, 0.3) is 0 Å². The molecule has 1 heterocycles. The lowest BCUT2D eigenvalue weighted by Gasteiger charge is -2.36. The number of carbonyl (C=O) groups is 3. The van der Waals surface area contributed by atoms with Gasteiger partial charge in [0, 0.05) is 26.2 Å². The zero-order valence-electron chi connectivity index (χ0n) is 14.5. The zero-order valence-corrected chi connectivity index (χ0v) is 14.5. The van der Waals surface area contributed by atoms with E-state index in [0.29, 0.717) is 39.1 Å². The van der Waals surface area contributed by atoms with Crippen molar-refractivity contribution in [3.63, 3.8) is 0 Å². The molecule has 136 valence electrons. The third kappa shape index (κ3) is 6.86. The zero-order chi connectivity index (χ0) is 18.7. The number of amides is 3. The van der Waals surface area contributed by atoms with Gasteiger partial charge in [0.25, 0.3) is 0 Å². The molecule has 0 spiro atoms. The van der Waals surface area contributed by atoms with Gasteiger partial charge >= 0.3 is 0 Å². The average molecular weight is 346 g/mol. The van der Waals surface area contributed by atoms with Gasteiger partial charge in [0.15, 0.2) is 0 Å². The maximum Gasteiger partial charge on any atom is 0.245 e. The van der Waals surface area contributed by atoms with Crippen LogP contribution in [0.4, 0.5) is 0 Å². The van der Waals surface area contributed by atoms with E-state index in [9.17, 15) is 14.4 Å². The van der Waals surface area contributed by atoms with Crippen LogP contribution in [0.1, 0.15) is 32.1 Å². The molecule has 0 saturated carbocycles. The Hall–Kier alpha value is -2.51. The van der Waals surface area contributed by atoms with Crippen LogP contribution in [0.3, 0.4) is 0 Å². The number of carbonyl (C=O) groups excluding carboxylic acids is 3. The first-order valence-corrected chi connectivity index (χ1v) is 8.46. The molecule has 7 heteroatoms. The Labute approximate surface area is 149 Å². The number of nitrogens with zero attached hydrogens (tertiary/aromatic N) is 2. The molecule has 0 aromatic rings. The molecule has 1 atom stereocenters. The lowest BCUT2D eigenvalue weighted by Crippen LogP contribution is -2.55. The highest BCUT2D eigenvalue weighted by Crippen LogP contribution is 2.10. The fourth-order valence-corrected chi connectivity index (χ4v) is 2.68.